The number of carboxylic acids is 1. The minimum absolute atomic E-state index is 0.0161. The van der Waals surface area contributed by atoms with Crippen molar-refractivity contribution in [2.75, 3.05) is 0 Å². The fraction of sp³-hybridized carbons (Fsp3) is 0.0909. The first-order chi connectivity index (χ1) is 8.09. The Morgan fingerprint density at radius 3 is 2.82 bits per heavy atom. The van der Waals surface area contributed by atoms with Crippen LogP contribution in [0.5, 0.6) is 0 Å². The lowest BCUT2D eigenvalue weighted by molar-refractivity contribution is 0.0696. The third kappa shape index (κ3) is 2.05. The van der Waals surface area contributed by atoms with Crippen LogP contribution < -0.4 is 5.69 Å². The van der Waals surface area contributed by atoms with Crippen molar-refractivity contribution in [2.45, 2.75) is 6.92 Å². The predicted molar refractivity (Wildman–Crippen MR) is 59.8 cm³/mol. The molecule has 0 aliphatic rings. The maximum Gasteiger partial charge on any atom is 0.345 e. The molecule has 0 aliphatic carbocycles. The summed E-state index contributed by atoms with van der Waals surface area (Å²) >= 11 is 0. The van der Waals surface area contributed by atoms with Crippen LogP contribution in [0.1, 0.15) is 16.1 Å². The molecule has 0 atom stereocenters. The van der Waals surface area contributed by atoms with Crippen molar-refractivity contribution < 1.29 is 9.90 Å². The van der Waals surface area contributed by atoms with Gasteiger partial charge in [-0.3, -0.25) is 4.98 Å². The Kier molecular flexibility index (Phi) is 2.70. The minimum Gasteiger partial charge on any atom is -0.478 e. The van der Waals surface area contributed by atoms with E-state index in [2.05, 4.69) is 15.0 Å². The smallest absolute Gasteiger partial charge is 0.345 e. The number of aromatic carboxylic acids is 1. The standard InChI is InChI=1S/C11H9N3O3/c1-6-8(10(15)16)9(14-11(17)13-6)7-3-2-4-12-5-7/h2-5H,1H3,(H,15,16)(H,13,14,17). The number of rotatable bonds is 2. The van der Waals surface area contributed by atoms with E-state index in [4.69, 9.17) is 5.11 Å². The van der Waals surface area contributed by atoms with E-state index in [0.717, 1.165) is 0 Å². The molecule has 0 amide bonds. The minimum atomic E-state index is -1.13. The van der Waals surface area contributed by atoms with Gasteiger partial charge in [0.1, 0.15) is 5.56 Å². The molecule has 0 bridgehead atoms. The van der Waals surface area contributed by atoms with Crippen molar-refractivity contribution in [1.29, 1.82) is 0 Å². The maximum atomic E-state index is 11.3. The number of aromatic nitrogens is 3. The second-order valence-electron chi connectivity index (χ2n) is 3.44. The highest BCUT2D eigenvalue weighted by molar-refractivity contribution is 5.95. The van der Waals surface area contributed by atoms with Crippen LogP contribution in [0.4, 0.5) is 0 Å². The molecule has 2 rings (SSSR count). The van der Waals surface area contributed by atoms with Gasteiger partial charge in [0.15, 0.2) is 0 Å². The number of hydrogen-bond donors (Lipinski definition) is 2. The number of hydrogen-bond acceptors (Lipinski definition) is 4. The van der Waals surface area contributed by atoms with Crippen molar-refractivity contribution in [1.82, 2.24) is 15.0 Å². The van der Waals surface area contributed by atoms with Crippen molar-refractivity contribution in [3.05, 3.63) is 46.3 Å². The molecule has 0 spiro atoms. The molecule has 0 aromatic carbocycles. The number of pyridine rings is 1. The SMILES string of the molecule is Cc1[nH]c(=O)nc(-c2cccnc2)c1C(=O)O. The summed E-state index contributed by atoms with van der Waals surface area (Å²) < 4.78 is 0. The molecule has 0 unspecified atom stereocenters. The molecule has 86 valence electrons. The van der Waals surface area contributed by atoms with Gasteiger partial charge in [0.05, 0.1) is 5.69 Å². The Hall–Kier alpha value is -2.50. The van der Waals surface area contributed by atoms with Crippen molar-refractivity contribution in [2.24, 2.45) is 0 Å². The van der Waals surface area contributed by atoms with Crippen LogP contribution in [0.3, 0.4) is 0 Å². The van der Waals surface area contributed by atoms with Crippen LogP contribution in [0.2, 0.25) is 0 Å². The number of H-pyrrole nitrogens is 1. The summed E-state index contributed by atoms with van der Waals surface area (Å²) in [5, 5.41) is 9.12. The summed E-state index contributed by atoms with van der Waals surface area (Å²) in [6.45, 7) is 1.52. The molecule has 6 heteroatoms. The first kappa shape index (κ1) is 11.0. The van der Waals surface area contributed by atoms with Gasteiger partial charge in [0.2, 0.25) is 0 Å². The van der Waals surface area contributed by atoms with E-state index in [-0.39, 0.29) is 17.0 Å². The highest BCUT2D eigenvalue weighted by atomic mass is 16.4. The molecular weight excluding hydrogens is 222 g/mol. The van der Waals surface area contributed by atoms with Gasteiger partial charge in [-0.25, -0.2) is 9.59 Å². The Labute approximate surface area is 96.0 Å². The lowest BCUT2D eigenvalue weighted by Gasteiger charge is -2.06. The number of nitrogens with zero attached hydrogens (tertiary/aromatic N) is 2. The lowest BCUT2D eigenvalue weighted by atomic mass is 10.1. The predicted octanol–water partition coefficient (Wildman–Crippen LogP) is 0.839. The Morgan fingerprint density at radius 1 is 1.47 bits per heavy atom. The summed E-state index contributed by atoms with van der Waals surface area (Å²) in [5.41, 5.74) is 0.311. The molecule has 2 heterocycles. The molecule has 17 heavy (non-hydrogen) atoms. The fourth-order valence-electron chi connectivity index (χ4n) is 1.56. The molecule has 6 nitrogen and oxygen atoms in total. The molecule has 0 saturated heterocycles. The van der Waals surface area contributed by atoms with Gasteiger partial charge >= 0.3 is 11.7 Å². The maximum absolute atomic E-state index is 11.3. The zero-order valence-electron chi connectivity index (χ0n) is 8.97. The van der Waals surface area contributed by atoms with Gasteiger partial charge in [0, 0.05) is 23.7 Å². The van der Waals surface area contributed by atoms with E-state index in [1.54, 1.807) is 18.3 Å². The van der Waals surface area contributed by atoms with Gasteiger partial charge in [0.25, 0.3) is 0 Å². The Bertz CT molecular complexity index is 620. The summed E-state index contributed by atoms with van der Waals surface area (Å²) in [6, 6.07) is 3.31. The lowest BCUT2D eigenvalue weighted by Crippen LogP contribution is -2.18. The molecule has 0 fully saturated rings. The zero-order chi connectivity index (χ0) is 12.4. The summed E-state index contributed by atoms with van der Waals surface area (Å²) in [7, 11) is 0. The van der Waals surface area contributed by atoms with Crippen LogP contribution in [0.15, 0.2) is 29.3 Å². The van der Waals surface area contributed by atoms with Gasteiger partial charge in [-0.2, -0.15) is 4.98 Å². The third-order valence-electron chi connectivity index (χ3n) is 2.27. The Morgan fingerprint density at radius 2 is 2.24 bits per heavy atom. The van der Waals surface area contributed by atoms with Crippen LogP contribution >= 0.6 is 0 Å². The number of carboxylic acid groups (broad SMARTS) is 1. The Balaban J connectivity index is 2.77. The first-order valence-corrected chi connectivity index (χ1v) is 4.84. The van der Waals surface area contributed by atoms with E-state index in [0.29, 0.717) is 5.56 Å². The summed E-state index contributed by atoms with van der Waals surface area (Å²) in [6.07, 6.45) is 3.03. The second-order valence-corrected chi connectivity index (χ2v) is 3.44. The van der Waals surface area contributed by atoms with Crippen LogP contribution in [0, 0.1) is 6.92 Å². The molecule has 0 aliphatic heterocycles. The number of carbonyl (C=O) groups is 1. The largest absolute Gasteiger partial charge is 0.478 e. The van der Waals surface area contributed by atoms with Crippen molar-refractivity contribution in [3.8, 4) is 11.3 Å². The van der Waals surface area contributed by atoms with Crippen LogP contribution in [0.25, 0.3) is 11.3 Å². The van der Waals surface area contributed by atoms with Gasteiger partial charge in [-0.1, -0.05) is 0 Å². The van der Waals surface area contributed by atoms with E-state index in [1.165, 1.54) is 13.1 Å². The van der Waals surface area contributed by atoms with Crippen molar-refractivity contribution >= 4 is 5.97 Å². The average molecular weight is 231 g/mol. The summed E-state index contributed by atoms with van der Waals surface area (Å²) in [5.74, 6) is -1.13. The van der Waals surface area contributed by atoms with E-state index < -0.39 is 11.7 Å². The monoisotopic (exact) mass is 231 g/mol. The fourth-order valence-corrected chi connectivity index (χ4v) is 1.56. The topological polar surface area (TPSA) is 95.9 Å². The normalized spacial score (nSPS) is 10.2. The van der Waals surface area contributed by atoms with Crippen LogP contribution in [-0.4, -0.2) is 26.0 Å². The summed E-state index contributed by atoms with van der Waals surface area (Å²) in [4.78, 5) is 32.4. The molecular formula is C11H9N3O3. The molecule has 2 N–H and O–H groups in total. The van der Waals surface area contributed by atoms with E-state index in [1.807, 2.05) is 0 Å². The quantitative estimate of drug-likeness (QED) is 0.798. The highest BCUT2D eigenvalue weighted by Crippen LogP contribution is 2.20. The molecule has 2 aromatic heterocycles. The first-order valence-electron chi connectivity index (χ1n) is 4.84. The number of aryl methyl sites for hydroxylation is 1. The van der Waals surface area contributed by atoms with Gasteiger partial charge < -0.3 is 10.1 Å². The van der Waals surface area contributed by atoms with Gasteiger partial charge in [-0.15, -0.1) is 0 Å². The van der Waals surface area contributed by atoms with E-state index >= 15 is 0 Å². The second kappa shape index (κ2) is 4.17. The zero-order valence-corrected chi connectivity index (χ0v) is 8.97. The van der Waals surface area contributed by atoms with Crippen LogP contribution in [-0.2, 0) is 0 Å². The molecule has 0 saturated carbocycles. The van der Waals surface area contributed by atoms with E-state index in [9.17, 15) is 9.59 Å². The number of nitrogens with one attached hydrogen (secondary N) is 1. The average Bonchev–Trinajstić information content (AvgIpc) is 2.28. The van der Waals surface area contributed by atoms with Crippen molar-refractivity contribution in [3.63, 3.8) is 0 Å². The molecule has 0 radical (unpaired) electrons. The highest BCUT2D eigenvalue weighted by Gasteiger charge is 2.17. The van der Waals surface area contributed by atoms with Gasteiger partial charge in [-0.05, 0) is 19.1 Å². The third-order valence-corrected chi connectivity index (χ3v) is 2.27. The number of aromatic amines is 1. The molecule has 2 aromatic rings.